The van der Waals surface area contributed by atoms with Gasteiger partial charge in [-0.2, -0.15) is 0 Å². The standard InChI is InChI=1S/C10H10INO/c1-7-6-8(2-3-9(7)11)10(13)12-4-5-12/h2-3,6H,4-5H2,1H3. The van der Waals surface area contributed by atoms with Gasteiger partial charge < -0.3 is 4.90 Å². The molecule has 1 aromatic rings. The molecule has 2 rings (SSSR count). The number of amides is 1. The minimum atomic E-state index is 0.166. The molecule has 1 fully saturated rings. The Kier molecular flexibility index (Phi) is 2.27. The molecule has 1 heterocycles. The summed E-state index contributed by atoms with van der Waals surface area (Å²) in [6, 6.07) is 5.85. The molecule has 1 aliphatic heterocycles. The van der Waals surface area contributed by atoms with E-state index in [-0.39, 0.29) is 5.91 Å². The summed E-state index contributed by atoms with van der Waals surface area (Å²) in [7, 11) is 0. The predicted octanol–water partition coefficient (Wildman–Crippen LogP) is 2.06. The summed E-state index contributed by atoms with van der Waals surface area (Å²) in [5.41, 5.74) is 1.99. The van der Waals surface area contributed by atoms with Crippen molar-refractivity contribution in [3.8, 4) is 0 Å². The average molecular weight is 287 g/mol. The van der Waals surface area contributed by atoms with Crippen LogP contribution in [0.5, 0.6) is 0 Å². The third-order valence-corrected chi connectivity index (χ3v) is 3.35. The van der Waals surface area contributed by atoms with Gasteiger partial charge in [-0.25, -0.2) is 0 Å². The topological polar surface area (TPSA) is 20.1 Å². The fraction of sp³-hybridized carbons (Fsp3) is 0.300. The van der Waals surface area contributed by atoms with Crippen LogP contribution in [0.15, 0.2) is 18.2 Å². The van der Waals surface area contributed by atoms with Crippen LogP contribution in [0.2, 0.25) is 0 Å². The number of carbonyl (C=O) groups excluding carboxylic acids is 1. The molecule has 1 saturated heterocycles. The van der Waals surface area contributed by atoms with Gasteiger partial charge in [0.2, 0.25) is 0 Å². The van der Waals surface area contributed by atoms with Crippen molar-refractivity contribution >= 4 is 28.5 Å². The number of hydrogen-bond acceptors (Lipinski definition) is 1. The first-order valence-electron chi connectivity index (χ1n) is 4.24. The van der Waals surface area contributed by atoms with E-state index in [1.807, 2.05) is 30.0 Å². The van der Waals surface area contributed by atoms with Crippen LogP contribution in [0.4, 0.5) is 0 Å². The molecule has 68 valence electrons. The van der Waals surface area contributed by atoms with Gasteiger partial charge in [-0.15, -0.1) is 0 Å². The summed E-state index contributed by atoms with van der Waals surface area (Å²) in [6.45, 7) is 3.87. The number of rotatable bonds is 1. The van der Waals surface area contributed by atoms with E-state index in [1.54, 1.807) is 0 Å². The maximum Gasteiger partial charge on any atom is 0.253 e. The Morgan fingerprint density at radius 1 is 1.46 bits per heavy atom. The second kappa shape index (κ2) is 3.29. The molecule has 0 saturated carbocycles. The van der Waals surface area contributed by atoms with Gasteiger partial charge in [0.25, 0.3) is 5.91 Å². The summed E-state index contributed by atoms with van der Waals surface area (Å²) in [5, 5.41) is 0. The van der Waals surface area contributed by atoms with Crippen LogP contribution in [0.25, 0.3) is 0 Å². The Balaban J connectivity index is 2.30. The number of benzene rings is 1. The summed E-state index contributed by atoms with van der Waals surface area (Å²) < 4.78 is 1.21. The Bertz CT molecular complexity index is 358. The Morgan fingerprint density at radius 3 is 2.69 bits per heavy atom. The molecule has 0 unspecified atom stereocenters. The molecule has 0 radical (unpaired) electrons. The van der Waals surface area contributed by atoms with E-state index in [2.05, 4.69) is 22.6 Å². The van der Waals surface area contributed by atoms with Crippen molar-refractivity contribution in [2.75, 3.05) is 13.1 Å². The van der Waals surface area contributed by atoms with Gasteiger partial charge >= 0.3 is 0 Å². The second-order valence-corrected chi connectivity index (χ2v) is 4.42. The number of nitrogens with zero attached hydrogens (tertiary/aromatic N) is 1. The van der Waals surface area contributed by atoms with Crippen LogP contribution < -0.4 is 0 Å². The van der Waals surface area contributed by atoms with Crippen LogP contribution in [-0.4, -0.2) is 23.9 Å². The van der Waals surface area contributed by atoms with Crippen molar-refractivity contribution < 1.29 is 4.79 Å². The molecule has 0 atom stereocenters. The average Bonchev–Trinajstić information content (AvgIpc) is 2.91. The van der Waals surface area contributed by atoms with Gasteiger partial charge in [-0.1, -0.05) is 0 Å². The summed E-state index contributed by atoms with van der Waals surface area (Å²) in [6.07, 6.45) is 0. The number of hydrogen-bond donors (Lipinski definition) is 0. The van der Waals surface area contributed by atoms with E-state index >= 15 is 0 Å². The van der Waals surface area contributed by atoms with E-state index in [4.69, 9.17) is 0 Å². The first kappa shape index (κ1) is 8.99. The highest BCUT2D eigenvalue weighted by Gasteiger charge is 2.25. The molecule has 1 aromatic carbocycles. The lowest BCUT2D eigenvalue weighted by molar-refractivity contribution is 0.0885. The fourth-order valence-corrected chi connectivity index (χ4v) is 1.55. The monoisotopic (exact) mass is 287 g/mol. The van der Waals surface area contributed by atoms with Gasteiger partial charge in [0.15, 0.2) is 0 Å². The maximum atomic E-state index is 11.6. The van der Waals surface area contributed by atoms with Crippen molar-refractivity contribution in [3.05, 3.63) is 32.9 Å². The maximum absolute atomic E-state index is 11.6. The fourth-order valence-electron chi connectivity index (χ4n) is 1.21. The van der Waals surface area contributed by atoms with E-state index in [0.29, 0.717) is 0 Å². The van der Waals surface area contributed by atoms with Gasteiger partial charge in [0.05, 0.1) is 0 Å². The van der Waals surface area contributed by atoms with Crippen molar-refractivity contribution in [2.24, 2.45) is 0 Å². The lowest BCUT2D eigenvalue weighted by atomic mass is 10.1. The third-order valence-electron chi connectivity index (χ3n) is 2.14. The van der Waals surface area contributed by atoms with Crippen molar-refractivity contribution in [2.45, 2.75) is 6.92 Å². The lowest BCUT2D eigenvalue weighted by Crippen LogP contribution is -2.10. The lowest BCUT2D eigenvalue weighted by Gasteiger charge is -2.03. The number of carbonyl (C=O) groups is 1. The molecule has 0 spiro atoms. The molecule has 1 amide bonds. The molecule has 0 aliphatic carbocycles. The first-order valence-corrected chi connectivity index (χ1v) is 5.32. The van der Waals surface area contributed by atoms with Crippen LogP contribution in [0.3, 0.4) is 0 Å². The van der Waals surface area contributed by atoms with E-state index < -0.39 is 0 Å². The van der Waals surface area contributed by atoms with Gasteiger partial charge in [-0.05, 0) is 53.3 Å². The number of halogens is 1. The van der Waals surface area contributed by atoms with Crippen molar-refractivity contribution in [1.29, 1.82) is 0 Å². The van der Waals surface area contributed by atoms with Gasteiger partial charge in [0.1, 0.15) is 0 Å². The Hall–Kier alpha value is -0.580. The zero-order chi connectivity index (χ0) is 9.42. The third kappa shape index (κ3) is 1.85. The summed E-state index contributed by atoms with van der Waals surface area (Å²) in [5.74, 6) is 0.166. The normalized spacial score (nSPS) is 14.5. The van der Waals surface area contributed by atoms with Gasteiger partial charge in [0, 0.05) is 22.2 Å². The molecule has 0 N–H and O–H groups in total. The molecule has 3 heteroatoms. The Morgan fingerprint density at radius 2 is 2.15 bits per heavy atom. The molecular weight excluding hydrogens is 277 g/mol. The quantitative estimate of drug-likeness (QED) is 0.572. The van der Waals surface area contributed by atoms with Crippen molar-refractivity contribution in [3.63, 3.8) is 0 Å². The molecule has 0 bridgehead atoms. The summed E-state index contributed by atoms with van der Waals surface area (Å²) >= 11 is 2.27. The van der Waals surface area contributed by atoms with Crippen molar-refractivity contribution in [1.82, 2.24) is 4.90 Å². The molecule has 13 heavy (non-hydrogen) atoms. The molecular formula is C10H10INO. The molecule has 2 nitrogen and oxygen atoms in total. The molecule has 1 aliphatic rings. The highest BCUT2D eigenvalue weighted by Crippen LogP contribution is 2.17. The van der Waals surface area contributed by atoms with E-state index in [0.717, 1.165) is 18.7 Å². The number of aryl methyl sites for hydroxylation is 1. The predicted molar refractivity (Wildman–Crippen MR) is 59.8 cm³/mol. The Labute approximate surface area is 91.1 Å². The van der Waals surface area contributed by atoms with Crippen LogP contribution in [-0.2, 0) is 0 Å². The summed E-state index contributed by atoms with van der Waals surface area (Å²) in [4.78, 5) is 13.4. The smallest absolute Gasteiger partial charge is 0.253 e. The second-order valence-electron chi connectivity index (χ2n) is 3.26. The first-order chi connectivity index (χ1) is 6.18. The van der Waals surface area contributed by atoms with E-state index in [1.165, 1.54) is 9.13 Å². The van der Waals surface area contributed by atoms with E-state index in [9.17, 15) is 4.79 Å². The SMILES string of the molecule is Cc1cc(C(=O)N2CC2)ccc1I. The zero-order valence-corrected chi connectivity index (χ0v) is 9.54. The van der Waals surface area contributed by atoms with Crippen LogP contribution in [0.1, 0.15) is 15.9 Å². The van der Waals surface area contributed by atoms with Gasteiger partial charge in [-0.3, -0.25) is 4.79 Å². The largest absolute Gasteiger partial charge is 0.335 e. The minimum absolute atomic E-state index is 0.166. The molecule has 0 aromatic heterocycles. The highest BCUT2D eigenvalue weighted by molar-refractivity contribution is 14.1. The van der Waals surface area contributed by atoms with Crippen LogP contribution in [0, 0.1) is 10.5 Å². The highest BCUT2D eigenvalue weighted by atomic mass is 127. The minimum Gasteiger partial charge on any atom is -0.335 e. The van der Waals surface area contributed by atoms with Crippen LogP contribution >= 0.6 is 22.6 Å². The zero-order valence-electron chi connectivity index (χ0n) is 7.38.